The van der Waals surface area contributed by atoms with Gasteiger partial charge in [0.1, 0.15) is 29.2 Å². The van der Waals surface area contributed by atoms with Crippen molar-refractivity contribution in [2.45, 2.75) is 31.2 Å². The Kier molecular flexibility index (Phi) is 8.29. The number of aromatic nitrogens is 1. The van der Waals surface area contributed by atoms with Crippen molar-refractivity contribution in [2.24, 2.45) is 5.73 Å². The number of carbonyl (C=O) groups excluding carboxylic acids is 3. The van der Waals surface area contributed by atoms with Gasteiger partial charge in [0, 0.05) is 40.1 Å². The summed E-state index contributed by atoms with van der Waals surface area (Å²) in [5.41, 5.74) is 6.32. The summed E-state index contributed by atoms with van der Waals surface area (Å²) < 4.78 is 39.4. The van der Waals surface area contributed by atoms with Crippen molar-refractivity contribution in [3.8, 4) is 11.1 Å². The lowest BCUT2D eigenvalue weighted by atomic mass is 10.1. The van der Waals surface area contributed by atoms with Crippen LogP contribution in [-0.2, 0) is 19.1 Å². The lowest BCUT2D eigenvalue weighted by molar-refractivity contribution is -0.152. The molecule has 2 atom stereocenters. The number of thiophene rings is 1. The molecule has 5 rings (SSSR count). The number of halogens is 2. The Bertz CT molecular complexity index is 1530. The third-order valence-corrected chi connectivity index (χ3v) is 8.20. The number of benzene rings is 1. The van der Waals surface area contributed by atoms with E-state index in [1.165, 1.54) is 40.5 Å². The number of pyridine rings is 1. The number of rotatable bonds is 8. The van der Waals surface area contributed by atoms with Crippen LogP contribution in [0.25, 0.3) is 11.1 Å². The smallest absolute Gasteiger partial charge is 0.270 e. The second kappa shape index (κ2) is 11.9. The average Bonchev–Trinajstić information content (AvgIpc) is 3.73. The largest absolute Gasteiger partial charge is 0.384 e. The molecule has 42 heavy (non-hydrogen) atoms. The summed E-state index contributed by atoms with van der Waals surface area (Å²) in [4.78, 5) is 45.4. The van der Waals surface area contributed by atoms with E-state index in [9.17, 15) is 23.2 Å². The lowest BCUT2D eigenvalue weighted by Crippen LogP contribution is -2.49. The third kappa shape index (κ3) is 6.15. The second-order valence-electron chi connectivity index (χ2n) is 9.97. The predicted molar refractivity (Wildman–Crippen MR) is 149 cm³/mol. The Balaban J connectivity index is 1.24. The molecular weight excluding hydrogens is 570 g/mol. The maximum atomic E-state index is 14.7. The Hall–Kier alpha value is -4.27. The van der Waals surface area contributed by atoms with E-state index >= 15 is 0 Å². The van der Waals surface area contributed by atoms with Crippen molar-refractivity contribution in [3.05, 3.63) is 75.7 Å². The Morgan fingerprint density at radius 1 is 1.21 bits per heavy atom. The number of ether oxygens (including phenoxy) is 2. The first-order valence-electron chi connectivity index (χ1n) is 13.1. The van der Waals surface area contributed by atoms with E-state index in [0.717, 1.165) is 17.1 Å². The van der Waals surface area contributed by atoms with Gasteiger partial charge in [-0.25, -0.2) is 8.78 Å². The summed E-state index contributed by atoms with van der Waals surface area (Å²) in [5.74, 6) is -4.20. The Labute approximate surface area is 243 Å². The molecule has 0 saturated carbocycles. The van der Waals surface area contributed by atoms with Gasteiger partial charge in [-0.1, -0.05) is 12.1 Å². The van der Waals surface area contributed by atoms with Crippen LogP contribution in [0.5, 0.6) is 0 Å². The fraction of sp³-hybridized carbons (Fsp3) is 0.321. The van der Waals surface area contributed by atoms with E-state index in [-0.39, 0.29) is 30.1 Å². The van der Waals surface area contributed by atoms with Crippen LogP contribution in [0.3, 0.4) is 0 Å². The minimum atomic E-state index is -1.13. The quantitative estimate of drug-likeness (QED) is 0.229. The molecule has 2 aliphatic rings. The van der Waals surface area contributed by atoms with Gasteiger partial charge in [-0.2, -0.15) is 0 Å². The van der Waals surface area contributed by atoms with Crippen LogP contribution in [0.4, 0.5) is 8.78 Å². The number of nitrogens with zero attached hydrogens (tertiary/aromatic N) is 2. The van der Waals surface area contributed by atoms with Gasteiger partial charge in [-0.15, -0.1) is 11.3 Å². The highest BCUT2D eigenvalue weighted by molar-refractivity contribution is 7.10. The number of carbonyl (C=O) groups is 3. The number of amidine groups is 1. The first-order chi connectivity index (χ1) is 20.0. The molecule has 11 nitrogen and oxygen atoms in total. The molecule has 4 heterocycles. The van der Waals surface area contributed by atoms with Gasteiger partial charge in [0.2, 0.25) is 11.8 Å². The zero-order chi connectivity index (χ0) is 30.0. The first kappa shape index (κ1) is 29.2. The molecular formula is C28H28F2N6O5S. The number of hydrogen-bond acceptors (Lipinski definition) is 8. The number of nitrogen functional groups attached to an aromatic ring is 1. The highest BCUT2D eigenvalue weighted by Crippen LogP contribution is 2.35. The van der Waals surface area contributed by atoms with E-state index < -0.39 is 53.8 Å². The van der Waals surface area contributed by atoms with Crippen LogP contribution >= 0.6 is 11.3 Å². The molecule has 0 radical (unpaired) electrons. The molecule has 0 unspecified atom stereocenters. The molecule has 1 spiro atoms. The molecule has 220 valence electrons. The van der Waals surface area contributed by atoms with Crippen molar-refractivity contribution in [2.75, 3.05) is 26.3 Å². The Morgan fingerprint density at radius 2 is 1.93 bits per heavy atom. The van der Waals surface area contributed by atoms with Gasteiger partial charge in [-0.05, 0) is 30.7 Å². The molecule has 14 heteroatoms. The van der Waals surface area contributed by atoms with Crippen molar-refractivity contribution >= 4 is 34.9 Å². The van der Waals surface area contributed by atoms with E-state index in [0.29, 0.717) is 24.3 Å². The topological polar surface area (TPSA) is 160 Å². The number of amides is 3. The maximum Gasteiger partial charge on any atom is 0.270 e. The van der Waals surface area contributed by atoms with Crippen molar-refractivity contribution in [1.82, 2.24) is 20.5 Å². The number of likely N-dealkylation sites (tertiary alicyclic amines) is 1. The number of nitrogens with two attached hydrogens (primary N) is 1. The summed E-state index contributed by atoms with van der Waals surface area (Å²) in [6, 6.07) is 6.46. The first-order valence-corrected chi connectivity index (χ1v) is 13.9. The average molecular weight is 599 g/mol. The van der Waals surface area contributed by atoms with E-state index in [4.69, 9.17) is 20.6 Å². The standard InChI is InChI=1S/C28H28F2N6O5S/c1-15(23-8-17(13-42-23)25(31)32)35-27(39)22-10-28(40-6-7-41-28)14-36(22)24(37)12-34-26(38)21-9-20(30)19(11-33-21)16-2-4-18(29)5-3-16/h2-5,8-9,11,13,15,22H,6-7,10,12,14H2,1H3,(H3,31,32)(H,34,38)(H,35,39)/t15-,22+/m1/s1. The zero-order valence-corrected chi connectivity index (χ0v) is 23.3. The molecule has 3 aromatic rings. The maximum absolute atomic E-state index is 14.7. The van der Waals surface area contributed by atoms with Gasteiger partial charge in [0.25, 0.3) is 5.91 Å². The van der Waals surface area contributed by atoms with Crippen LogP contribution in [-0.4, -0.2) is 71.6 Å². The molecule has 2 aromatic heterocycles. The van der Waals surface area contributed by atoms with Crippen molar-refractivity contribution in [1.29, 1.82) is 5.41 Å². The fourth-order valence-corrected chi connectivity index (χ4v) is 5.80. The van der Waals surface area contributed by atoms with Gasteiger partial charge >= 0.3 is 0 Å². The summed E-state index contributed by atoms with van der Waals surface area (Å²) >= 11 is 1.35. The van der Waals surface area contributed by atoms with Crippen LogP contribution in [0.15, 0.2) is 48.0 Å². The molecule has 2 aliphatic heterocycles. The van der Waals surface area contributed by atoms with Crippen LogP contribution < -0.4 is 16.4 Å². The highest BCUT2D eigenvalue weighted by atomic mass is 32.1. The third-order valence-electron chi connectivity index (χ3n) is 7.09. The summed E-state index contributed by atoms with van der Waals surface area (Å²) in [7, 11) is 0. The van der Waals surface area contributed by atoms with E-state index in [1.54, 1.807) is 18.4 Å². The summed E-state index contributed by atoms with van der Waals surface area (Å²) in [6.45, 7) is 1.92. The molecule has 3 amide bonds. The molecule has 1 aromatic carbocycles. The molecule has 5 N–H and O–H groups in total. The number of hydrogen-bond donors (Lipinski definition) is 4. The van der Waals surface area contributed by atoms with Crippen molar-refractivity contribution < 1.29 is 32.6 Å². The zero-order valence-electron chi connectivity index (χ0n) is 22.5. The monoisotopic (exact) mass is 598 g/mol. The fourth-order valence-electron chi connectivity index (χ4n) is 4.89. The molecule has 0 bridgehead atoms. The number of nitrogens with one attached hydrogen (secondary N) is 3. The van der Waals surface area contributed by atoms with Crippen LogP contribution in [0, 0.1) is 17.0 Å². The van der Waals surface area contributed by atoms with Gasteiger partial charge in [-0.3, -0.25) is 24.8 Å². The van der Waals surface area contributed by atoms with Crippen LogP contribution in [0.1, 0.15) is 40.3 Å². The minimum absolute atomic E-state index is 0.0130. The SMILES string of the molecule is C[C@@H](NC(=O)[C@@H]1CC2(CN1C(=O)CNC(=O)c1cc(F)c(-c3ccc(F)cc3)cn1)OCCO2)c1cc(C(=N)N)cs1. The summed E-state index contributed by atoms with van der Waals surface area (Å²) in [5, 5.41) is 14.6. The normalized spacial score (nSPS) is 18.2. The minimum Gasteiger partial charge on any atom is -0.384 e. The predicted octanol–water partition coefficient (Wildman–Crippen LogP) is 2.32. The van der Waals surface area contributed by atoms with E-state index in [1.807, 2.05) is 0 Å². The lowest BCUT2D eigenvalue weighted by Gasteiger charge is -2.25. The molecule has 2 fully saturated rings. The molecule has 2 saturated heterocycles. The van der Waals surface area contributed by atoms with Gasteiger partial charge in [0.15, 0.2) is 5.79 Å². The summed E-state index contributed by atoms with van der Waals surface area (Å²) in [6.07, 6.45) is 1.26. The molecule has 0 aliphatic carbocycles. The van der Waals surface area contributed by atoms with Gasteiger partial charge in [0.05, 0.1) is 32.3 Å². The van der Waals surface area contributed by atoms with E-state index in [2.05, 4.69) is 15.6 Å². The van der Waals surface area contributed by atoms with Crippen molar-refractivity contribution in [3.63, 3.8) is 0 Å². The van der Waals surface area contributed by atoms with Gasteiger partial charge < -0.3 is 30.7 Å². The van der Waals surface area contributed by atoms with Crippen LogP contribution in [0.2, 0.25) is 0 Å². The Morgan fingerprint density at radius 3 is 2.57 bits per heavy atom. The second-order valence-corrected chi connectivity index (χ2v) is 10.9. The highest BCUT2D eigenvalue weighted by Gasteiger charge is 2.52.